The zero-order valence-corrected chi connectivity index (χ0v) is 9.30. The van der Waals surface area contributed by atoms with Crippen LogP contribution < -0.4 is 11.1 Å². The maximum Gasteiger partial charge on any atom is 0.104 e. The minimum Gasteiger partial charge on any atom is -0.399 e. The molecule has 0 spiro atoms. The first kappa shape index (κ1) is 9.90. The van der Waals surface area contributed by atoms with Crippen LogP contribution in [0.25, 0.3) is 0 Å². The highest BCUT2D eigenvalue weighted by Gasteiger charge is 2.18. The number of anilines is 2. The highest BCUT2D eigenvalue weighted by molar-refractivity contribution is 5.81. The first-order valence-corrected chi connectivity index (χ1v) is 5.57. The van der Waals surface area contributed by atoms with Gasteiger partial charge in [0.25, 0.3) is 0 Å². The van der Waals surface area contributed by atoms with Gasteiger partial charge < -0.3 is 11.1 Å². The average Bonchev–Trinajstić information content (AvgIpc) is 2.39. The summed E-state index contributed by atoms with van der Waals surface area (Å²) < 4.78 is 0. The molecular weight excluding hydrogens is 210 g/mol. The molecule has 3 N–H and O–H groups in total. The number of fused-ring (bicyclic) bond motifs is 1. The van der Waals surface area contributed by atoms with Gasteiger partial charge in [-0.1, -0.05) is 30.3 Å². The van der Waals surface area contributed by atoms with Crippen LogP contribution in [0.3, 0.4) is 0 Å². The lowest BCUT2D eigenvalue weighted by molar-refractivity contribution is 0.870. The lowest BCUT2D eigenvalue weighted by atomic mass is 9.96. The highest BCUT2D eigenvalue weighted by atomic mass is 15.0. The number of nitrogens with zero attached hydrogens (tertiary/aromatic N) is 1. The predicted octanol–water partition coefficient (Wildman–Crippen LogP) is 2.81. The summed E-state index contributed by atoms with van der Waals surface area (Å²) in [5, 5.41) is 3.16. The second-order valence-corrected chi connectivity index (χ2v) is 4.08. The van der Waals surface area contributed by atoms with Crippen LogP contribution in [-0.2, 0) is 0 Å². The van der Waals surface area contributed by atoms with Crippen molar-refractivity contribution < 1.29 is 0 Å². The van der Waals surface area contributed by atoms with Crippen LogP contribution in [-0.4, -0.2) is 6.34 Å². The Morgan fingerprint density at radius 3 is 2.59 bits per heavy atom. The summed E-state index contributed by atoms with van der Waals surface area (Å²) >= 11 is 0. The van der Waals surface area contributed by atoms with E-state index in [9.17, 15) is 0 Å². The van der Waals surface area contributed by atoms with E-state index in [4.69, 9.17) is 5.73 Å². The van der Waals surface area contributed by atoms with Crippen LogP contribution in [0.1, 0.15) is 17.2 Å². The Kier molecular flexibility index (Phi) is 2.29. The number of aliphatic imine (C=N–C) groups is 1. The standard InChI is InChI=1S/C14H13N3/c15-11-7-5-10(6-8-11)14-12-3-1-2-4-13(12)16-9-17-14/h1-9,14H,15H2,(H,16,17). The summed E-state index contributed by atoms with van der Waals surface area (Å²) in [4.78, 5) is 4.49. The molecule has 3 nitrogen and oxygen atoms in total. The van der Waals surface area contributed by atoms with Gasteiger partial charge >= 0.3 is 0 Å². The van der Waals surface area contributed by atoms with Gasteiger partial charge in [0.15, 0.2) is 0 Å². The summed E-state index contributed by atoms with van der Waals surface area (Å²) in [6.07, 6.45) is 1.75. The first-order valence-electron chi connectivity index (χ1n) is 5.57. The molecule has 1 heterocycles. The minimum atomic E-state index is 0.0630. The molecule has 0 fully saturated rings. The van der Waals surface area contributed by atoms with Crippen molar-refractivity contribution in [1.29, 1.82) is 0 Å². The molecule has 2 aromatic rings. The Hall–Kier alpha value is -2.29. The third-order valence-electron chi connectivity index (χ3n) is 2.95. The van der Waals surface area contributed by atoms with Crippen molar-refractivity contribution in [2.45, 2.75) is 6.04 Å². The molecular formula is C14H13N3. The third-order valence-corrected chi connectivity index (χ3v) is 2.95. The van der Waals surface area contributed by atoms with Gasteiger partial charge in [0.05, 0.1) is 6.34 Å². The molecule has 0 amide bonds. The van der Waals surface area contributed by atoms with E-state index in [0.29, 0.717) is 0 Å². The summed E-state index contributed by atoms with van der Waals surface area (Å²) in [6, 6.07) is 16.2. The molecule has 3 heteroatoms. The molecule has 3 rings (SSSR count). The largest absolute Gasteiger partial charge is 0.399 e. The Morgan fingerprint density at radius 2 is 1.76 bits per heavy atom. The Labute approximate surface area is 100.0 Å². The SMILES string of the molecule is Nc1ccc(C2N=CNc3ccccc32)cc1. The summed E-state index contributed by atoms with van der Waals surface area (Å²) in [5.74, 6) is 0. The van der Waals surface area contributed by atoms with Gasteiger partial charge in [0.2, 0.25) is 0 Å². The van der Waals surface area contributed by atoms with Crippen LogP contribution in [0.2, 0.25) is 0 Å². The van der Waals surface area contributed by atoms with Crippen LogP contribution in [0.4, 0.5) is 11.4 Å². The predicted molar refractivity (Wildman–Crippen MR) is 71.3 cm³/mol. The number of nitrogens with one attached hydrogen (secondary N) is 1. The molecule has 1 aliphatic rings. The smallest absolute Gasteiger partial charge is 0.104 e. The molecule has 0 radical (unpaired) electrons. The zero-order valence-electron chi connectivity index (χ0n) is 9.30. The number of benzene rings is 2. The van der Waals surface area contributed by atoms with Crippen LogP contribution in [0, 0.1) is 0 Å². The van der Waals surface area contributed by atoms with Gasteiger partial charge in [-0.05, 0) is 23.8 Å². The number of nitrogens with two attached hydrogens (primary N) is 1. The van der Waals surface area contributed by atoms with Crippen molar-refractivity contribution in [3.05, 3.63) is 59.7 Å². The van der Waals surface area contributed by atoms with E-state index in [1.165, 1.54) is 5.56 Å². The summed E-state index contributed by atoms with van der Waals surface area (Å²) in [6.45, 7) is 0. The van der Waals surface area contributed by atoms with Gasteiger partial charge in [0, 0.05) is 16.9 Å². The van der Waals surface area contributed by atoms with Gasteiger partial charge in [0.1, 0.15) is 6.04 Å². The first-order chi connectivity index (χ1) is 8.34. The molecule has 0 aliphatic carbocycles. The molecule has 17 heavy (non-hydrogen) atoms. The molecule has 1 aliphatic heterocycles. The monoisotopic (exact) mass is 223 g/mol. The van der Waals surface area contributed by atoms with E-state index < -0.39 is 0 Å². The van der Waals surface area contributed by atoms with Gasteiger partial charge in [-0.2, -0.15) is 0 Å². The molecule has 0 aromatic heterocycles. The summed E-state index contributed by atoms with van der Waals surface area (Å²) in [7, 11) is 0. The quantitative estimate of drug-likeness (QED) is 0.730. The second-order valence-electron chi connectivity index (χ2n) is 4.08. The van der Waals surface area contributed by atoms with Crippen molar-refractivity contribution in [2.75, 3.05) is 11.1 Å². The van der Waals surface area contributed by atoms with E-state index in [-0.39, 0.29) is 6.04 Å². The third kappa shape index (κ3) is 1.76. The van der Waals surface area contributed by atoms with Crippen molar-refractivity contribution >= 4 is 17.7 Å². The number of hydrogen-bond donors (Lipinski definition) is 2. The molecule has 0 saturated heterocycles. The maximum atomic E-state index is 5.70. The lowest BCUT2D eigenvalue weighted by Gasteiger charge is -2.21. The second kappa shape index (κ2) is 3.94. The molecule has 2 aromatic carbocycles. The van der Waals surface area contributed by atoms with Crippen molar-refractivity contribution in [1.82, 2.24) is 0 Å². The van der Waals surface area contributed by atoms with E-state index in [2.05, 4.69) is 22.4 Å². The molecule has 1 atom stereocenters. The highest BCUT2D eigenvalue weighted by Crippen LogP contribution is 2.33. The van der Waals surface area contributed by atoms with E-state index in [1.807, 2.05) is 36.4 Å². The van der Waals surface area contributed by atoms with Gasteiger partial charge in [-0.15, -0.1) is 0 Å². The average molecular weight is 223 g/mol. The zero-order chi connectivity index (χ0) is 11.7. The van der Waals surface area contributed by atoms with Crippen molar-refractivity contribution in [3.8, 4) is 0 Å². The lowest BCUT2D eigenvalue weighted by Crippen LogP contribution is -2.11. The Bertz CT molecular complexity index is 558. The molecule has 0 bridgehead atoms. The van der Waals surface area contributed by atoms with Crippen molar-refractivity contribution in [3.63, 3.8) is 0 Å². The van der Waals surface area contributed by atoms with E-state index in [1.54, 1.807) is 6.34 Å². The number of rotatable bonds is 1. The minimum absolute atomic E-state index is 0.0630. The van der Waals surface area contributed by atoms with Crippen LogP contribution in [0.15, 0.2) is 53.5 Å². The maximum absolute atomic E-state index is 5.70. The number of nitrogen functional groups attached to an aromatic ring is 1. The fourth-order valence-electron chi connectivity index (χ4n) is 2.07. The van der Waals surface area contributed by atoms with E-state index in [0.717, 1.165) is 16.9 Å². The number of para-hydroxylation sites is 1. The van der Waals surface area contributed by atoms with Crippen molar-refractivity contribution in [2.24, 2.45) is 4.99 Å². The normalized spacial score (nSPS) is 17.3. The van der Waals surface area contributed by atoms with Crippen LogP contribution >= 0.6 is 0 Å². The number of hydrogen-bond acceptors (Lipinski definition) is 3. The molecule has 84 valence electrons. The van der Waals surface area contributed by atoms with Gasteiger partial charge in [-0.3, -0.25) is 4.99 Å². The topological polar surface area (TPSA) is 50.4 Å². The summed E-state index contributed by atoms with van der Waals surface area (Å²) in [5.41, 5.74) is 9.94. The fraction of sp³-hybridized carbons (Fsp3) is 0.0714. The van der Waals surface area contributed by atoms with E-state index >= 15 is 0 Å². The van der Waals surface area contributed by atoms with Gasteiger partial charge in [-0.25, -0.2) is 0 Å². The molecule has 0 saturated carbocycles. The Morgan fingerprint density at radius 1 is 1.00 bits per heavy atom. The molecule has 1 unspecified atom stereocenters. The fourth-order valence-corrected chi connectivity index (χ4v) is 2.07. The van der Waals surface area contributed by atoms with Crippen LogP contribution in [0.5, 0.6) is 0 Å². The Balaban J connectivity index is 2.06.